The minimum absolute atomic E-state index is 0.0544. The number of nitrogens with one attached hydrogen (secondary N) is 1. The van der Waals surface area contributed by atoms with Crippen LogP contribution >= 0.6 is 11.3 Å². The Bertz CT molecular complexity index is 1700. The number of hydrogen-bond donors (Lipinski definition) is 4. The molecule has 0 bridgehead atoms. The van der Waals surface area contributed by atoms with Crippen molar-refractivity contribution in [1.29, 1.82) is 0 Å². The topological polar surface area (TPSA) is 153 Å². The van der Waals surface area contributed by atoms with Gasteiger partial charge in [0.25, 0.3) is 0 Å². The van der Waals surface area contributed by atoms with E-state index in [9.17, 15) is 42.3 Å². The molecule has 15 heteroatoms. The number of amides is 2. The first-order chi connectivity index (χ1) is 19.9. The number of fused-ring (bicyclic) bond motifs is 1. The van der Waals surface area contributed by atoms with Gasteiger partial charge in [0, 0.05) is 21.3 Å². The monoisotopic (exact) mass is 636 g/mol. The van der Waals surface area contributed by atoms with Crippen molar-refractivity contribution in [2.24, 2.45) is 0 Å². The zero-order valence-electron chi connectivity index (χ0n) is 23.2. The van der Waals surface area contributed by atoms with Gasteiger partial charge in [0.1, 0.15) is 5.82 Å². The third-order valence-electron chi connectivity index (χ3n) is 6.44. The second-order valence-electron chi connectivity index (χ2n) is 10.6. The number of nitrogens with zero attached hydrogens (tertiary/aromatic N) is 3. The predicted octanol–water partition coefficient (Wildman–Crippen LogP) is 6.43. The molecule has 1 aromatic carbocycles. The number of pyridine rings is 2. The third kappa shape index (κ3) is 6.54. The van der Waals surface area contributed by atoms with Crippen LogP contribution in [-0.4, -0.2) is 52.6 Å². The van der Waals surface area contributed by atoms with E-state index in [1.807, 2.05) is 0 Å². The zero-order valence-corrected chi connectivity index (χ0v) is 24.8. The first-order valence-electron chi connectivity index (χ1n) is 12.6. The molecule has 0 saturated carbocycles. The van der Waals surface area contributed by atoms with Crippen LogP contribution in [-0.2, 0) is 16.6 Å². The molecular weight excluding hydrogens is 609 g/mol. The van der Waals surface area contributed by atoms with Gasteiger partial charge in [0.2, 0.25) is 0 Å². The van der Waals surface area contributed by atoms with Gasteiger partial charge in [-0.25, -0.2) is 23.5 Å². The van der Waals surface area contributed by atoms with Crippen molar-refractivity contribution in [3.63, 3.8) is 0 Å². The number of aliphatic hydroxyl groups is 1. The van der Waals surface area contributed by atoms with Crippen LogP contribution in [0.3, 0.4) is 0 Å². The highest BCUT2D eigenvalue weighted by atomic mass is 32.2. The molecule has 0 spiro atoms. The molecule has 4 aromatic rings. The maximum atomic E-state index is 13.5. The Hall–Kier alpha value is -3.92. The lowest BCUT2D eigenvalue weighted by atomic mass is 9.94. The molecule has 4 N–H and O–H groups in total. The molecular formula is C28H27F3N4O6S2. The van der Waals surface area contributed by atoms with Gasteiger partial charge in [-0.3, -0.25) is 4.98 Å². The molecule has 0 aliphatic heterocycles. The molecule has 2 unspecified atom stereocenters. The van der Waals surface area contributed by atoms with Crippen LogP contribution in [0.1, 0.15) is 49.9 Å². The first-order valence-corrected chi connectivity index (χ1v) is 14.6. The summed E-state index contributed by atoms with van der Waals surface area (Å²) in [6.45, 7) is 5.89. The molecule has 0 aliphatic rings. The Balaban J connectivity index is 1.87. The summed E-state index contributed by atoms with van der Waals surface area (Å²) in [7, 11) is -1.66. The van der Waals surface area contributed by atoms with E-state index in [1.165, 1.54) is 41.8 Å². The molecule has 4 rings (SSSR count). The van der Waals surface area contributed by atoms with Gasteiger partial charge in [0.15, 0.2) is 5.60 Å². The Morgan fingerprint density at radius 1 is 1.00 bits per heavy atom. The molecule has 3 atom stereocenters. The van der Waals surface area contributed by atoms with Gasteiger partial charge in [-0.2, -0.15) is 18.1 Å². The number of rotatable bonds is 7. The minimum atomic E-state index is -4.92. The molecule has 43 heavy (non-hydrogen) atoms. The van der Waals surface area contributed by atoms with Crippen molar-refractivity contribution in [2.75, 3.05) is 4.90 Å². The zero-order chi connectivity index (χ0) is 31.9. The summed E-state index contributed by atoms with van der Waals surface area (Å²) in [5, 5.41) is 29.7. The van der Waals surface area contributed by atoms with Crippen LogP contribution in [0.4, 0.5) is 28.6 Å². The number of carbonyl (C=O) groups is 2. The van der Waals surface area contributed by atoms with Gasteiger partial charge in [0.05, 0.1) is 33.2 Å². The Kier molecular flexibility index (Phi) is 8.66. The Morgan fingerprint density at radius 3 is 2.26 bits per heavy atom. The highest BCUT2D eigenvalue weighted by Gasteiger charge is 2.51. The van der Waals surface area contributed by atoms with Gasteiger partial charge >= 0.3 is 18.4 Å². The number of imide groups is 1. The van der Waals surface area contributed by atoms with Crippen LogP contribution in [0.5, 0.6) is 0 Å². The van der Waals surface area contributed by atoms with E-state index in [-0.39, 0.29) is 27.7 Å². The number of thiophene rings is 1. The van der Waals surface area contributed by atoms with E-state index in [0.29, 0.717) is 27.5 Å². The van der Waals surface area contributed by atoms with Crippen LogP contribution < -0.4 is 9.62 Å². The maximum Gasteiger partial charge on any atom is 0.422 e. The summed E-state index contributed by atoms with van der Waals surface area (Å²) in [6.07, 6.45) is -7.26. The van der Waals surface area contributed by atoms with E-state index in [4.69, 9.17) is 0 Å². The quantitative estimate of drug-likeness (QED) is 0.181. The molecule has 0 fully saturated rings. The van der Waals surface area contributed by atoms with Crippen LogP contribution in [0.25, 0.3) is 21.3 Å². The van der Waals surface area contributed by atoms with Crippen molar-refractivity contribution in [3.8, 4) is 11.3 Å². The van der Waals surface area contributed by atoms with E-state index in [2.05, 4.69) is 14.7 Å². The number of anilines is 1. The number of aromatic nitrogens is 2. The number of carboxylic acid groups (broad SMARTS) is 2. The molecule has 0 radical (unpaired) electrons. The summed E-state index contributed by atoms with van der Waals surface area (Å²) in [5.74, 6) is -0.384. The van der Waals surface area contributed by atoms with Crippen LogP contribution in [0.2, 0.25) is 0 Å². The summed E-state index contributed by atoms with van der Waals surface area (Å²) >= 11 is 1.21. The summed E-state index contributed by atoms with van der Waals surface area (Å²) in [5.41, 5.74) is -2.66. The van der Waals surface area contributed by atoms with E-state index in [0.717, 1.165) is 6.07 Å². The van der Waals surface area contributed by atoms with E-state index < -0.39 is 45.7 Å². The van der Waals surface area contributed by atoms with Crippen molar-refractivity contribution in [2.45, 2.75) is 50.3 Å². The van der Waals surface area contributed by atoms with E-state index >= 15 is 0 Å². The predicted molar refractivity (Wildman–Crippen MR) is 156 cm³/mol. The lowest BCUT2D eigenvalue weighted by Gasteiger charge is -2.26. The normalized spacial score (nSPS) is 15.1. The standard InChI is InChI=1S/C28H27F3N4O6S2/c1-26(2,3)43(41)34-22(18-9-6-10-21(33-18)35(24(36)37)25(38)39)20-13-15-7-5-8-17(23(15)42-20)19-14-16(11-12-32-19)27(4,40)28(29,30)31/h5-14,22,34,40H,1-4H3,(H,36,37)(H,38,39)/t22-,27?,43?/m0/s1. The summed E-state index contributed by atoms with van der Waals surface area (Å²) < 4.78 is 56.7. The van der Waals surface area contributed by atoms with Crippen molar-refractivity contribution < 1.29 is 42.3 Å². The maximum absolute atomic E-state index is 13.5. The molecule has 228 valence electrons. The molecule has 10 nitrogen and oxygen atoms in total. The van der Waals surface area contributed by atoms with Crippen LogP contribution in [0, 0.1) is 0 Å². The fraction of sp³-hybridized carbons (Fsp3) is 0.286. The lowest BCUT2D eigenvalue weighted by molar-refractivity contribution is -0.258. The lowest BCUT2D eigenvalue weighted by Crippen LogP contribution is -2.39. The Labute approximate surface area is 250 Å². The SMILES string of the molecule is CC(C)(C)S(=O)N[C@@H](c1cccc(N(C(=O)O)C(=O)O)n1)c1cc2cccc(-c3cc(C(C)(O)C(F)(F)F)ccn3)c2s1. The van der Waals surface area contributed by atoms with Gasteiger partial charge in [-0.05, 0) is 69.0 Å². The minimum Gasteiger partial charge on any atom is -0.464 e. The molecule has 3 heterocycles. The molecule has 3 aromatic heterocycles. The smallest absolute Gasteiger partial charge is 0.422 e. The van der Waals surface area contributed by atoms with Crippen molar-refractivity contribution >= 4 is 50.4 Å². The van der Waals surface area contributed by atoms with Gasteiger partial charge in [-0.1, -0.05) is 24.3 Å². The van der Waals surface area contributed by atoms with Gasteiger partial charge < -0.3 is 15.3 Å². The number of hydrogen-bond acceptors (Lipinski definition) is 7. The average Bonchev–Trinajstić information content (AvgIpc) is 3.34. The second-order valence-corrected chi connectivity index (χ2v) is 13.7. The fourth-order valence-corrected chi connectivity index (χ4v) is 6.16. The first kappa shape index (κ1) is 32.0. The summed E-state index contributed by atoms with van der Waals surface area (Å²) in [6, 6.07) is 12.4. The van der Waals surface area contributed by atoms with E-state index in [1.54, 1.807) is 45.0 Å². The third-order valence-corrected chi connectivity index (χ3v) is 9.25. The number of halogens is 3. The van der Waals surface area contributed by atoms with Crippen molar-refractivity contribution in [3.05, 3.63) is 76.9 Å². The number of alkyl halides is 3. The molecule has 0 saturated heterocycles. The van der Waals surface area contributed by atoms with Crippen molar-refractivity contribution in [1.82, 2.24) is 14.7 Å². The fourth-order valence-electron chi connectivity index (χ4n) is 4.02. The molecule has 0 aliphatic carbocycles. The van der Waals surface area contributed by atoms with Gasteiger partial charge in [-0.15, -0.1) is 11.3 Å². The Morgan fingerprint density at radius 2 is 1.65 bits per heavy atom. The highest BCUT2D eigenvalue weighted by Crippen LogP contribution is 2.42. The highest BCUT2D eigenvalue weighted by molar-refractivity contribution is 7.84. The average molecular weight is 637 g/mol. The summed E-state index contributed by atoms with van der Waals surface area (Å²) in [4.78, 5) is 32.3. The number of benzene rings is 1. The molecule has 2 amide bonds. The second kappa shape index (κ2) is 11.6. The van der Waals surface area contributed by atoms with Crippen LogP contribution in [0.15, 0.2) is 60.8 Å². The largest absolute Gasteiger partial charge is 0.464 e.